The molecule has 134 valence electrons. The maximum absolute atomic E-state index is 13.6. The number of carbonyl (C=O) groups excluding carboxylic acids is 1. The van der Waals surface area contributed by atoms with Crippen molar-refractivity contribution in [2.24, 2.45) is 5.73 Å². The average molecular weight is 373 g/mol. The van der Waals surface area contributed by atoms with Crippen LogP contribution in [0.25, 0.3) is 5.69 Å². The van der Waals surface area contributed by atoms with Crippen LogP contribution in [0.3, 0.4) is 0 Å². The summed E-state index contributed by atoms with van der Waals surface area (Å²) in [6.45, 7) is 0.673. The van der Waals surface area contributed by atoms with Crippen molar-refractivity contribution in [2.75, 3.05) is 13.1 Å². The van der Waals surface area contributed by atoms with Crippen molar-refractivity contribution in [2.45, 2.75) is 25.1 Å². The van der Waals surface area contributed by atoms with Crippen molar-refractivity contribution in [1.82, 2.24) is 14.7 Å². The third kappa shape index (κ3) is 3.64. The van der Waals surface area contributed by atoms with Gasteiger partial charge in [-0.05, 0) is 37.1 Å². The Morgan fingerprint density at radius 1 is 1.20 bits per heavy atom. The predicted molar refractivity (Wildman–Crippen MR) is 86.7 cm³/mol. The highest BCUT2D eigenvalue weighted by atomic mass is 35.5. The molecule has 1 aromatic heterocycles. The summed E-state index contributed by atoms with van der Waals surface area (Å²) in [6, 6.07) is 5.73. The molecule has 9 heteroatoms. The van der Waals surface area contributed by atoms with Gasteiger partial charge in [0.05, 0.1) is 17.4 Å². The van der Waals surface area contributed by atoms with Crippen LogP contribution in [-0.4, -0.2) is 39.7 Å². The molecule has 0 spiro atoms. The number of hydrogen-bond acceptors (Lipinski definition) is 3. The van der Waals surface area contributed by atoms with E-state index in [4.69, 9.17) is 17.3 Å². The average Bonchev–Trinajstić information content (AvgIpc) is 3.01. The number of nitrogens with two attached hydrogens (primary N) is 1. The van der Waals surface area contributed by atoms with Crippen molar-refractivity contribution in [3.8, 4) is 5.69 Å². The van der Waals surface area contributed by atoms with Crippen LogP contribution in [0.2, 0.25) is 5.02 Å². The third-order valence-electron chi connectivity index (χ3n) is 4.17. The molecule has 3 rings (SSSR count). The molecule has 1 aromatic carbocycles. The van der Waals surface area contributed by atoms with Gasteiger partial charge in [-0.15, -0.1) is 0 Å². The highest BCUT2D eigenvalue weighted by molar-refractivity contribution is 6.30. The van der Waals surface area contributed by atoms with Crippen LogP contribution in [0.1, 0.15) is 28.9 Å². The lowest BCUT2D eigenvalue weighted by atomic mass is 10.0. The fourth-order valence-electron chi connectivity index (χ4n) is 2.83. The highest BCUT2D eigenvalue weighted by Gasteiger charge is 2.41. The Kier molecular flexibility index (Phi) is 4.75. The largest absolute Gasteiger partial charge is 0.434 e. The summed E-state index contributed by atoms with van der Waals surface area (Å²) in [5, 5.41) is 4.19. The number of carbonyl (C=O) groups is 1. The number of amides is 1. The van der Waals surface area contributed by atoms with Gasteiger partial charge in [0.2, 0.25) is 0 Å². The number of halogens is 4. The Morgan fingerprint density at radius 3 is 2.36 bits per heavy atom. The lowest BCUT2D eigenvalue weighted by Crippen LogP contribution is -2.43. The lowest BCUT2D eigenvalue weighted by Gasteiger charge is -2.30. The number of rotatable bonds is 2. The molecule has 0 atom stereocenters. The molecular formula is C16H16ClF3N4O. The fourth-order valence-corrected chi connectivity index (χ4v) is 2.95. The van der Waals surface area contributed by atoms with Gasteiger partial charge in [0.15, 0.2) is 5.69 Å². The molecule has 25 heavy (non-hydrogen) atoms. The van der Waals surface area contributed by atoms with Gasteiger partial charge in [-0.1, -0.05) is 11.6 Å². The number of hydrogen-bond donors (Lipinski definition) is 1. The Bertz CT molecular complexity index is 765. The summed E-state index contributed by atoms with van der Waals surface area (Å²) in [5.41, 5.74) is 4.41. The summed E-state index contributed by atoms with van der Waals surface area (Å²) in [7, 11) is 0. The summed E-state index contributed by atoms with van der Waals surface area (Å²) in [6.07, 6.45) is -2.63. The number of aromatic nitrogens is 2. The SMILES string of the molecule is NC1CCN(C(=O)c2cnn(-c3ccc(Cl)cc3)c2C(F)(F)F)CC1. The van der Waals surface area contributed by atoms with E-state index >= 15 is 0 Å². The van der Waals surface area contributed by atoms with E-state index in [0.717, 1.165) is 10.9 Å². The van der Waals surface area contributed by atoms with Crippen molar-refractivity contribution >= 4 is 17.5 Å². The standard InChI is InChI=1S/C16H16ClF3N4O/c17-10-1-3-12(4-2-10)24-14(16(18,19)20)13(9-22-24)15(25)23-7-5-11(21)6-8-23/h1-4,9,11H,5-8,21H2. The molecule has 0 radical (unpaired) electrons. The smallest absolute Gasteiger partial charge is 0.338 e. The van der Waals surface area contributed by atoms with Crippen LogP contribution in [0.15, 0.2) is 30.5 Å². The molecule has 0 bridgehead atoms. The summed E-state index contributed by atoms with van der Waals surface area (Å²) < 4.78 is 41.6. The second-order valence-electron chi connectivity index (χ2n) is 5.92. The van der Waals surface area contributed by atoms with Crippen molar-refractivity contribution < 1.29 is 18.0 Å². The topological polar surface area (TPSA) is 64.2 Å². The minimum absolute atomic E-state index is 0.0251. The van der Waals surface area contributed by atoms with E-state index in [2.05, 4.69) is 5.10 Å². The fraction of sp³-hybridized carbons (Fsp3) is 0.375. The van der Waals surface area contributed by atoms with Gasteiger partial charge >= 0.3 is 6.18 Å². The van der Waals surface area contributed by atoms with Crippen molar-refractivity contribution in [3.63, 3.8) is 0 Å². The molecule has 0 saturated carbocycles. The quantitative estimate of drug-likeness (QED) is 0.881. The van der Waals surface area contributed by atoms with Crippen LogP contribution >= 0.6 is 11.6 Å². The first-order valence-electron chi connectivity index (χ1n) is 7.73. The number of benzene rings is 1. The van der Waals surface area contributed by atoms with E-state index in [9.17, 15) is 18.0 Å². The van der Waals surface area contributed by atoms with E-state index in [1.165, 1.54) is 29.2 Å². The molecule has 5 nitrogen and oxygen atoms in total. The predicted octanol–water partition coefficient (Wildman–Crippen LogP) is 3.11. The summed E-state index contributed by atoms with van der Waals surface area (Å²) in [4.78, 5) is 14.0. The molecule has 2 heterocycles. The van der Waals surface area contributed by atoms with Gasteiger partial charge in [0.25, 0.3) is 5.91 Å². The van der Waals surface area contributed by atoms with Crippen LogP contribution < -0.4 is 5.73 Å². The van der Waals surface area contributed by atoms with Gasteiger partial charge in [-0.25, -0.2) is 4.68 Å². The maximum Gasteiger partial charge on any atom is 0.434 e. The molecule has 0 unspecified atom stereocenters. The first-order valence-corrected chi connectivity index (χ1v) is 8.11. The third-order valence-corrected chi connectivity index (χ3v) is 4.42. The van der Waals surface area contributed by atoms with E-state index < -0.39 is 23.3 Å². The second-order valence-corrected chi connectivity index (χ2v) is 6.36. The van der Waals surface area contributed by atoms with Crippen molar-refractivity contribution in [3.05, 3.63) is 46.7 Å². The normalized spacial score (nSPS) is 16.3. The van der Waals surface area contributed by atoms with Gasteiger partial charge in [0.1, 0.15) is 0 Å². The Hall–Kier alpha value is -2.06. The molecule has 1 amide bonds. The first-order chi connectivity index (χ1) is 11.8. The van der Waals surface area contributed by atoms with Gasteiger partial charge in [-0.2, -0.15) is 18.3 Å². The van der Waals surface area contributed by atoms with E-state index in [1.54, 1.807) is 0 Å². The van der Waals surface area contributed by atoms with E-state index in [-0.39, 0.29) is 11.7 Å². The Morgan fingerprint density at radius 2 is 1.80 bits per heavy atom. The van der Waals surface area contributed by atoms with Crippen molar-refractivity contribution in [1.29, 1.82) is 0 Å². The van der Waals surface area contributed by atoms with Gasteiger partial charge in [0, 0.05) is 24.2 Å². The van der Waals surface area contributed by atoms with Crippen LogP contribution in [-0.2, 0) is 6.18 Å². The van der Waals surface area contributed by atoms with E-state index in [1.807, 2.05) is 0 Å². The molecule has 1 aliphatic heterocycles. The summed E-state index contributed by atoms with van der Waals surface area (Å²) >= 11 is 5.77. The van der Waals surface area contributed by atoms with Crippen LogP contribution in [0.5, 0.6) is 0 Å². The number of nitrogens with zero attached hydrogens (tertiary/aromatic N) is 3. The number of likely N-dealkylation sites (tertiary alicyclic amines) is 1. The lowest BCUT2D eigenvalue weighted by molar-refractivity contribution is -0.143. The molecule has 1 fully saturated rings. The maximum atomic E-state index is 13.6. The molecule has 1 saturated heterocycles. The molecule has 2 aromatic rings. The minimum atomic E-state index is -4.73. The van der Waals surface area contributed by atoms with Crippen LogP contribution in [0.4, 0.5) is 13.2 Å². The first kappa shape index (κ1) is 17.8. The zero-order valence-electron chi connectivity index (χ0n) is 13.1. The Balaban J connectivity index is 2.00. The van der Waals surface area contributed by atoms with E-state index in [0.29, 0.717) is 31.0 Å². The molecule has 2 N–H and O–H groups in total. The zero-order valence-corrected chi connectivity index (χ0v) is 13.9. The highest BCUT2D eigenvalue weighted by Crippen LogP contribution is 2.34. The van der Waals surface area contributed by atoms with Gasteiger partial charge < -0.3 is 10.6 Å². The zero-order chi connectivity index (χ0) is 18.2. The summed E-state index contributed by atoms with van der Waals surface area (Å²) in [5.74, 6) is -0.681. The number of piperidine rings is 1. The number of alkyl halides is 3. The van der Waals surface area contributed by atoms with Crippen LogP contribution in [0, 0.1) is 0 Å². The minimum Gasteiger partial charge on any atom is -0.338 e. The molecule has 0 aliphatic carbocycles. The Labute approximate surface area is 147 Å². The molecule has 1 aliphatic rings. The monoisotopic (exact) mass is 372 g/mol. The second kappa shape index (κ2) is 6.68. The molecular weight excluding hydrogens is 357 g/mol. The van der Waals surface area contributed by atoms with Gasteiger partial charge in [-0.3, -0.25) is 4.79 Å².